The molecule has 0 saturated heterocycles. The maximum Gasteiger partial charge on any atom is 0.265 e. The summed E-state index contributed by atoms with van der Waals surface area (Å²) in [4.78, 5) is 16.8. The van der Waals surface area contributed by atoms with Crippen molar-refractivity contribution in [2.45, 2.75) is 13.3 Å². The average molecular weight is 312 g/mol. The number of hydrogen-bond acceptors (Lipinski definition) is 4. The van der Waals surface area contributed by atoms with Gasteiger partial charge in [-0.3, -0.25) is 4.79 Å². The highest BCUT2D eigenvalue weighted by molar-refractivity contribution is 5.91. The highest BCUT2D eigenvalue weighted by Crippen LogP contribution is 2.16. The van der Waals surface area contributed by atoms with Crippen molar-refractivity contribution in [2.24, 2.45) is 5.16 Å². The van der Waals surface area contributed by atoms with Gasteiger partial charge in [0.15, 0.2) is 6.61 Å². The third-order valence-corrected chi connectivity index (χ3v) is 3.21. The minimum absolute atomic E-state index is 0.152. The zero-order valence-corrected chi connectivity index (χ0v) is 13.3. The molecule has 1 amide bonds. The van der Waals surface area contributed by atoms with E-state index in [4.69, 9.17) is 9.57 Å². The van der Waals surface area contributed by atoms with E-state index in [1.807, 2.05) is 24.3 Å². The van der Waals surface area contributed by atoms with Gasteiger partial charge in [-0.25, -0.2) is 0 Å². The van der Waals surface area contributed by atoms with Gasteiger partial charge in [-0.1, -0.05) is 42.4 Å². The Morgan fingerprint density at radius 1 is 1.22 bits per heavy atom. The van der Waals surface area contributed by atoms with Gasteiger partial charge in [0.1, 0.15) is 5.75 Å². The van der Waals surface area contributed by atoms with Crippen LogP contribution in [0, 0.1) is 0 Å². The molecule has 2 rings (SSSR count). The second-order valence-electron chi connectivity index (χ2n) is 4.88. The number of methoxy groups -OCH3 is 1. The van der Waals surface area contributed by atoms with Crippen molar-refractivity contribution < 1.29 is 14.4 Å². The van der Waals surface area contributed by atoms with Gasteiger partial charge in [0, 0.05) is 11.8 Å². The number of oxime groups is 1. The second kappa shape index (κ2) is 8.58. The molecule has 0 aliphatic carbocycles. The summed E-state index contributed by atoms with van der Waals surface area (Å²) in [5.74, 6) is 0.397. The number of carbonyl (C=O) groups excluding carboxylic acids is 1. The van der Waals surface area contributed by atoms with Crippen LogP contribution in [0.1, 0.15) is 18.1 Å². The smallest absolute Gasteiger partial charge is 0.265 e. The summed E-state index contributed by atoms with van der Waals surface area (Å²) in [7, 11) is 1.58. The van der Waals surface area contributed by atoms with Crippen LogP contribution in [0.4, 0.5) is 5.69 Å². The van der Waals surface area contributed by atoms with E-state index in [9.17, 15) is 4.79 Å². The lowest BCUT2D eigenvalue weighted by Crippen LogP contribution is -2.16. The Hall–Kier alpha value is -2.82. The summed E-state index contributed by atoms with van der Waals surface area (Å²) in [5.41, 5.74) is 2.84. The molecule has 120 valence electrons. The summed E-state index contributed by atoms with van der Waals surface area (Å²) < 4.78 is 5.09. The summed E-state index contributed by atoms with van der Waals surface area (Å²) >= 11 is 0. The normalized spacial score (nSPS) is 10.5. The van der Waals surface area contributed by atoms with Crippen molar-refractivity contribution in [1.82, 2.24) is 0 Å². The van der Waals surface area contributed by atoms with E-state index in [-0.39, 0.29) is 12.5 Å². The molecule has 0 saturated carbocycles. The third kappa shape index (κ3) is 5.47. The molecule has 2 aromatic carbocycles. The molecule has 0 aromatic heterocycles. The predicted octanol–water partition coefficient (Wildman–Crippen LogP) is 3.25. The molecular weight excluding hydrogens is 292 g/mol. The molecular formula is C18H20N2O3. The number of aryl methyl sites for hydroxylation is 1. The molecule has 5 nitrogen and oxygen atoms in total. The summed E-state index contributed by atoms with van der Waals surface area (Å²) in [6.07, 6.45) is 2.58. The minimum atomic E-state index is -0.281. The van der Waals surface area contributed by atoms with E-state index in [0.29, 0.717) is 11.4 Å². The number of carbonyl (C=O) groups is 1. The number of ether oxygens (including phenoxy) is 1. The monoisotopic (exact) mass is 312 g/mol. The first-order valence-corrected chi connectivity index (χ1v) is 7.39. The van der Waals surface area contributed by atoms with Crippen LogP contribution in [-0.2, 0) is 16.1 Å². The van der Waals surface area contributed by atoms with Crippen molar-refractivity contribution in [2.75, 3.05) is 19.0 Å². The zero-order valence-electron chi connectivity index (χ0n) is 13.3. The minimum Gasteiger partial charge on any atom is -0.497 e. The molecule has 0 unspecified atom stereocenters. The Morgan fingerprint density at radius 2 is 2.00 bits per heavy atom. The summed E-state index contributed by atoms with van der Waals surface area (Å²) in [6.45, 7) is 1.95. The first-order valence-electron chi connectivity index (χ1n) is 7.39. The molecule has 5 heteroatoms. The Morgan fingerprint density at radius 3 is 2.70 bits per heavy atom. The van der Waals surface area contributed by atoms with Crippen LogP contribution in [0.2, 0.25) is 0 Å². The standard InChI is InChI=1S/C18H20N2O3/c1-3-14-7-9-15(10-8-14)12-19-23-13-18(21)20-16-5-4-6-17(11-16)22-2/h4-12H,3,13H2,1-2H3,(H,20,21)/b19-12-. The fourth-order valence-corrected chi connectivity index (χ4v) is 1.93. The fraction of sp³-hybridized carbons (Fsp3) is 0.222. The SMILES string of the molecule is CCc1ccc(/C=N\OCC(=O)Nc2cccc(OC)c2)cc1. The van der Waals surface area contributed by atoms with Crippen LogP contribution in [0.25, 0.3) is 0 Å². The van der Waals surface area contributed by atoms with Crippen molar-refractivity contribution in [1.29, 1.82) is 0 Å². The van der Waals surface area contributed by atoms with Crippen molar-refractivity contribution in [3.8, 4) is 5.75 Å². The molecule has 0 spiro atoms. The van der Waals surface area contributed by atoms with E-state index in [1.165, 1.54) is 5.56 Å². The van der Waals surface area contributed by atoms with Crippen LogP contribution in [0.5, 0.6) is 5.75 Å². The number of nitrogens with zero attached hydrogens (tertiary/aromatic N) is 1. The third-order valence-electron chi connectivity index (χ3n) is 3.21. The number of rotatable bonds is 7. The molecule has 0 bridgehead atoms. The number of benzene rings is 2. The largest absolute Gasteiger partial charge is 0.497 e. The molecule has 23 heavy (non-hydrogen) atoms. The van der Waals surface area contributed by atoms with Crippen LogP contribution >= 0.6 is 0 Å². The number of hydrogen-bond donors (Lipinski definition) is 1. The van der Waals surface area contributed by atoms with E-state index in [1.54, 1.807) is 37.6 Å². The number of anilines is 1. The lowest BCUT2D eigenvalue weighted by atomic mass is 10.1. The molecule has 0 aliphatic rings. The molecule has 0 radical (unpaired) electrons. The van der Waals surface area contributed by atoms with Gasteiger partial charge < -0.3 is 14.9 Å². The Labute approximate surface area is 135 Å². The number of amides is 1. The summed E-state index contributed by atoms with van der Waals surface area (Å²) in [6, 6.07) is 15.1. The quantitative estimate of drug-likeness (QED) is 0.630. The van der Waals surface area contributed by atoms with Gasteiger partial charge >= 0.3 is 0 Å². The highest BCUT2D eigenvalue weighted by atomic mass is 16.6. The lowest BCUT2D eigenvalue weighted by Gasteiger charge is -2.06. The molecule has 1 N–H and O–H groups in total. The maximum absolute atomic E-state index is 11.8. The van der Waals surface area contributed by atoms with Gasteiger partial charge in [0.05, 0.1) is 13.3 Å². The zero-order chi connectivity index (χ0) is 16.5. The van der Waals surface area contributed by atoms with Crippen LogP contribution in [-0.4, -0.2) is 25.8 Å². The second-order valence-corrected chi connectivity index (χ2v) is 4.88. The van der Waals surface area contributed by atoms with Gasteiger partial charge in [-0.2, -0.15) is 0 Å². The average Bonchev–Trinajstić information content (AvgIpc) is 2.59. The van der Waals surface area contributed by atoms with E-state index in [2.05, 4.69) is 17.4 Å². The number of nitrogens with one attached hydrogen (secondary N) is 1. The molecule has 2 aromatic rings. The topological polar surface area (TPSA) is 59.9 Å². The lowest BCUT2D eigenvalue weighted by molar-refractivity contribution is -0.120. The predicted molar refractivity (Wildman–Crippen MR) is 91.0 cm³/mol. The van der Waals surface area contributed by atoms with Crippen LogP contribution < -0.4 is 10.1 Å². The van der Waals surface area contributed by atoms with Crippen LogP contribution in [0.3, 0.4) is 0 Å². The Bertz CT molecular complexity index is 666. The fourth-order valence-electron chi connectivity index (χ4n) is 1.93. The van der Waals surface area contributed by atoms with Gasteiger partial charge in [-0.05, 0) is 29.7 Å². The van der Waals surface area contributed by atoms with E-state index in [0.717, 1.165) is 12.0 Å². The first kappa shape index (κ1) is 16.5. The molecule has 0 aliphatic heterocycles. The van der Waals surface area contributed by atoms with Crippen LogP contribution in [0.15, 0.2) is 53.7 Å². The molecule has 0 atom stereocenters. The van der Waals surface area contributed by atoms with Gasteiger partial charge in [-0.15, -0.1) is 0 Å². The van der Waals surface area contributed by atoms with Crippen molar-refractivity contribution >= 4 is 17.8 Å². The molecule has 0 fully saturated rings. The Kier molecular flexibility index (Phi) is 6.17. The van der Waals surface area contributed by atoms with E-state index < -0.39 is 0 Å². The van der Waals surface area contributed by atoms with Crippen molar-refractivity contribution in [3.05, 3.63) is 59.7 Å². The van der Waals surface area contributed by atoms with Gasteiger partial charge in [0.25, 0.3) is 5.91 Å². The summed E-state index contributed by atoms with van der Waals surface area (Å²) in [5, 5.41) is 6.51. The molecule has 0 heterocycles. The first-order chi connectivity index (χ1) is 11.2. The Balaban J connectivity index is 1.78. The highest BCUT2D eigenvalue weighted by Gasteiger charge is 2.03. The van der Waals surface area contributed by atoms with E-state index >= 15 is 0 Å². The van der Waals surface area contributed by atoms with Gasteiger partial charge in [0.2, 0.25) is 0 Å². The van der Waals surface area contributed by atoms with Crippen molar-refractivity contribution in [3.63, 3.8) is 0 Å². The maximum atomic E-state index is 11.8.